The fraction of sp³-hybridized carbons (Fsp3) is 0.815. The van der Waals surface area contributed by atoms with E-state index in [0.29, 0.717) is 0 Å². The van der Waals surface area contributed by atoms with E-state index in [2.05, 4.69) is 42.9 Å². The zero-order chi connectivity index (χ0) is 20.1. The average molecular weight is 389 g/mol. The number of hydrogen-bond donors (Lipinski definition) is 0. The molecule has 0 saturated heterocycles. The molecule has 0 amide bonds. The van der Waals surface area contributed by atoms with Crippen molar-refractivity contribution in [1.29, 1.82) is 0 Å². The van der Waals surface area contributed by atoms with Crippen molar-refractivity contribution in [3.63, 3.8) is 0 Å². The summed E-state index contributed by atoms with van der Waals surface area (Å²) >= 11 is 0. The lowest BCUT2D eigenvalue weighted by Crippen LogP contribution is -2.32. The monoisotopic (exact) mass is 388 g/mol. The van der Waals surface area contributed by atoms with Crippen molar-refractivity contribution in [2.75, 3.05) is 0 Å². The van der Waals surface area contributed by atoms with E-state index in [0.717, 1.165) is 0 Å². The van der Waals surface area contributed by atoms with E-state index in [-0.39, 0.29) is 0 Å². The molecule has 1 aromatic rings. The van der Waals surface area contributed by atoms with Gasteiger partial charge in [-0.1, -0.05) is 110 Å². The molecule has 0 aromatic carbocycles. The van der Waals surface area contributed by atoms with Crippen molar-refractivity contribution >= 4 is 0 Å². The molecule has 0 radical (unpaired) electrons. The van der Waals surface area contributed by atoms with Crippen molar-refractivity contribution in [2.24, 2.45) is 0 Å². The van der Waals surface area contributed by atoms with Crippen LogP contribution in [0.1, 0.15) is 135 Å². The predicted molar refractivity (Wildman–Crippen MR) is 125 cm³/mol. The Balaban J connectivity index is 1.93. The van der Waals surface area contributed by atoms with Gasteiger partial charge >= 0.3 is 0 Å². The molecule has 1 heterocycles. The highest BCUT2D eigenvalue weighted by Crippen LogP contribution is 2.12. The Hall–Kier alpha value is -0.850. The maximum absolute atomic E-state index is 2.38. The second-order valence-electron chi connectivity index (χ2n) is 8.85. The van der Waals surface area contributed by atoms with E-state index >= 15 is 0 Å². The minimum Gasteiger partial charge on any atom is -0.205 e. The molecule has 0 saturated carbocycles. The first kappa shape index (κ1) is 25.2. The second kappa shape index (κ2) is 19.5. The standard InChI is InChI=1S/C27H50N/c1-3-5-7-9-11-12-13-14-16-18-20-24-28-25-22-27(23-26-28)21-19-17-15-10-8-6-4-2/h22-23,25-26H,3-21,24H2,1-2H3/q+1. The quantitative estimate of drug-likeness (QED) is 0.155. The highest BCUT2D eigenvalue weighted by atomic mass is 14.9. The lowest BCUT2D eigenvalue weighted by molar-refractivity contribution is -0.697. The zero-order valence-corrected chi connectivity index (χ0v) is 19.4. The minimum atomic E-state index is 1.19. The molecule has 28 heavy (non-hydrogen) atoms. The van der Waals surface area contributed by atoms with Gasteiger partial charge < -0.3 is 0 Å². The molecular formula is C27H50N+. The van der Waals surface area contributed by atoms with Gasteiger partial charge in [-0.25, -0.2) is 4.57 Å². The van der Waals surface area contributed by atoms with Crippen molar-refractivity contribution in [1.82, 2.24) is 0 Å². The zero-order valence-electron chi connectivity index (χ0n) is 19.4. The minimum absolute atomic E-state index is 1.19. The summed E-state index contributed by atoms with van der Waals surface area (Å²) in [5, 5.41) is 0. The van der Waals surface area contributed by atoms with Gasteiger partial charge in [0.2, 0.25) is 0 Å². The van der Waals surface area contributed by atoms with Crippen LogP contribution in [0, 0.1) is 0 Å². The van der Waals surface area contributed by atoms with Gasteiger partial charge in [0.15, 0.2) is 12.4 Å². The summed E-state index contributed by atoms with van der Waals surface area (Å²) in [5.74, 6) is 0. The van der Waals surface area contributed by atoms with Crippen LogP contribution >= 0.6 is 0 Å². The smallest absolute Gasteiger partial charge is 0.169 e. The summed E-state index contributed by atoms with van der Waals surface area (Å²) in [6.07, 6.45) is 31.3. The van der Waals surface area contributed by atoms with Gasteiger partial charge in [-0.05, 0) is 24.8 Å². The first-order valence-electron chi connectivity index (χ1n) is 12.8. The summed E-state index contributed by atoms with van der Waals surface area (Å²) in [7, 11) is 0. The topological polar surface area (TPSA) is 3.88 Å². The van der Waals surface area contributed by atoms with Gasteiger partial charge in [-0.2, -0.15) is 0 Å². The van der Waals surface area contributed by atoms with E-state index < -0.39 is 0 Å². The molecule has 0 aliphatic rings. The first-order valence-corrected chi connectivity index (χ1v) is 12.8. The normalized spacial score (nSPS) is 11.2. The van der Waals surface area contributed by atoms with Gasteiger partial charge in [0.25, 0.3) is 0 Å². The van der Waals surface area contributed by atoms with Crippen LogP contribution in [-0.2, 0) is 13.0 Å². The van der Waals surface area contributed by atoms with Gasteiger partial charge in [0.1, 0.15) is 6.54 Å². The number of aryl methyl sites for hydroxylation is 2. The molecule has 0 bridgehead atoms. The van der Waals surface area contributed by atoms with Crippen LogP contribution in [0.4, 0.5) is 0 Å². The van der Waals surface area contributed by atoms with Crippen LogP contribution in [0.15, 0.2) is 24.5 Å². The molecule has 162 valence electrons. The molecule has 0 fully saturated rings. The summed E-state index contributed by atoms with van der Waals surface area (Å²) in [5.41, 5.74) is 1.52. The number of nitrogens with zero attached hydrogens (tertiary/aromatic N) is 1. The highest BCUT2D eigenvalue weighted by Gasteiger charge is 2.02. The third-order valence-corrected chi connectivity index (χ3v) is 6.05. The molecule has 0 unspecified atom stereocenters. The molecule has 0 spiro atoms. The molecular weight excluding hydrogens is 338 g/mol. The average Bonchev–Trinajstić information content (AvgIpc) is 2.72. The Morgan fingerprint density at radius 3 is 1.36 bits per heavy atom. The number of hydrogen-bond acceptors (Lipinski definition) is 0. The molecule has 0 aliphatic heterocycles. The van der Waals surface area contributed by atoms with E-state index in [1.807, 2.05) is 0 Å². The molecule has 0 aliphatic carbocycles. The van der Waals surface area contributed by atoms with Crippen molar-refractivity contribution in [2.45, 2.75) is 142 Å². The van der Waals surface area contributed by atoms with Gasteiger partial charge in [-0.3, -0.25) is 0 Å². The van der Waals surface area contributed by atoms with E-state index in [4.69, 9.17) is 0 Å². The summed E-state index contributed by atoms with van der Waals surface area (Å²) in [6.45, 7) is 5.78. The summed E-state index contributed by atoms with van der Waals surface area (Å²) in [4.78, 5) is 0. The van der Waals surface area contributed by atoms with Crippen molar-refractivity contribution in [3.05, 3.63) is 30.1 Å². The first-order chi connectivity index (χ1) is 13.9. The van der Waals surface area contributed by atoms with Crippen LogP contribution in [0.25, 0.3) is 0 Å². The summed E-state index contributed by atoms with van der Waals surface area (Å²) in [6, 6.07) is 4.69. The molecule has 1 aromatic heterocycles. The third-order valence-electron chi connectivity index (χ3n) is 6.05. The van der Waals surface area contributed by atoms with Crippen molar-refractivity contribution in [3.8, 4) is 0 Å². The predicted octanol–water partition coefficient (Wildman–Crippen LogP) is 8.58. The maximum Gasteiger partial charge on any atom is 0.169 e. The molecule has 1 heteroatoms. The van der Waals surface area contributed by atoms with Crippen LogP contribution in [-0.4, -0.2) is 0 Å². The largest absolute Gasteiger partial charge is 0.205 e. The van der Waals surface area contributed by atoms with Crippen LogP contribution in [0.3, 0.4) is 0 Å². The van der Waals surface area contributed by atoms with Crippen molar-refractivity contribution < 1.29 is 4.57 Å². The Morgan fingerprint density at radius 2 is 0.893 bits per heavy atom. The number of rotatable bonds is 20. The number of aromatic nitrogens is 1. The molecule has 1 rings (SSSR count). The Kier molecular flexibility index (Phi) is 17.5. The summed E-state index contributed by atoms with van der Waals surface area (Å²) < 4.78 is 2.38. The van der Waals surface area contributed by atoms with E-state index in [1.165, 1.54) is 134 Å². The fourth-order valence-electron chi connectivity index (χ4n) is 4.05. The molecule has 0 N–H and O–H groups in total. The lowest BCUT2D eigenvalue weighted by Gasteiger charge is -2.03. The number of pyridine rings is 1. The SMILES string of the molecule is CCCCCCCCCCCCC[n+]1ccc(CCCCCCCCC)cc1. The fourth-order valence-corrected chi connectivity index (χ4v) is 4.05. The highest BCUT2D eigenvalue weighted by molar-refractivity contribution is 5.07. The van der Waals surface area contributed by atoms with Gasteiger partial charge in [0.05, 0.1) is 0 Å². The lowest BCUT2D eigenvalue weighted by atomic mass is 10.1. The number of unbranched alkanes of at least 4 members (excludes halogenated alkanes) is 16. The van der Waals surface area contributed by atoms with Gasteiger partial charge in [0, 0.05) is 18.6 Å². The van der Waals surface area contributed by atoms with Gasteiger partial charge in [-0.15, -0.1) is 0 Å². The van der Waals surface area contributed by atoms with Crippen LogP contribution in [0.5, 0.6) is 0 Å². The van der Waals surface area contributed by atoms with E-state index in [9.17, 15) is 0 Å². The van der Waals surface area contributed by atoms with E-state index in [1.54, 1.807) is 0 Å². The van der Waals surface area contributed by atoms with Crippen LogP contribution in [0.2, 0.25) is 0 Å². The Labute approximate surface area is 177 Å². The Morgan fingerprint density at radius 1 is 0.500 bits per heavy atom. The van der Waals surface area contributed by atoms with Crippen LogP contribution < -0.4 is 4.57 Å². The molecule has 1 nitrogen and oxygen atoms in total. The molecule has 0 atom stereocenters. The third kappa shape index (κ3) is 15.1. The Bertz CT molecular complexity index is 422. The maximum atomic E-state index is 2.38. The second-order valence-corrected chi connectivity index (χ2v) is 8.85.